The van der Waals surface area contributed by atoms with Gasteiger partial charge < -0.3 is 9.64 Å². The molecule has 0 radical (unpaired) electrons. The van der Waals surface area contributed by atoms with Crippen molar-refractivity contribution in [2.24, 2.45) is 0 Å². The van der Waals surface area contributed by atoms with E-state index in [1.807, 2.05) is 12.1 Å². The van der Waals surface area contributed by atoms with E-state index < -0.39 is 5.97 Å². The van der Waals surface area contributed by atoms with Gasteiger partial charge in [-0.05, 0) is 55.6 Å². The monoisotopic (exact) mass is 481 g/mol. The number of aromatic nitrogens is 1. The Balaban J connectivity index is 0.00000341. The van der Waals surface area contributed by atoms with Crippen molar-refractivity contribution in [2.75, 3.05) is 38.2 Å². The average Bonchev–Trinajstić information content (AvgIpc) is 3.18. The Morgan fingerprint density at radius 1 is 1.03 bits per heavy atom. The number of hydrogen-bond donors (Lipinski definition) is 0. The van der Waals surface area contributed by atoms with Crippen LogP contribution < -0.4 is 4.90 Å². The molecule has 6 nitrogen and oxygen atoms in total. The minimum Gasteiger partial charge on any atom is -0.465 e. The van der Waals surface area contributed by atoms with E-state index in [9.17, 15) is 9.59 Å². The van der Waals surface area contributed by atoms with Crippen molar-refractivity contribution >= 4 is 62.6 Å². The molecule has 0 saturated heterocycles. The zero-order valence-electron chi connectivity index (χ0n) is 17.6. The van der Waals surface area contributed by atoms with Gasteiger partial charge in [0.1, 0.15) is 0 Å². The lowest BCUT2D eigenvalue weighted by Crippen LogP contribution is -2.38. The van der Waals surface area contributed by atoms with E-state index in [0.717, 1.165) is 29.9 Å². The Morgan fingerprint density at radius 2 is 1.68 bits per heavy atom. The first-order valence-corrected chi connectivity index (χ1v) is 10.9. The number of halogens is 2. The van der Waals surface area contributed by atoms with Crippen LogP contribution in [0.2, 0.25) is 5.02 Å². The minimum absolute atomic E-state index is 0. The van der Waals surface area contributed by atoms with Gasteiger partial charge >= 0.3 is 5.97 Å². The fraction of sp³-hybridized carbons (Fsp3) is 0.318. The van der Waals surface area contributed by atoms with Gasteiger partial charge in [0.25, 0.3) is 5.91 Å². The lowest BCUT2D eigenvalue weighted by atomic mass is 10.1. The topological polar surface area (TPSA) is 62.7 Å². The number of thiazole rings is 1. The number of fused-ring (bicyclic) bond motifs is 1. The van der Waals surface area contributed by atoms with Gasteiger partial charge in [0.05, 0.1) is 22.9 Å². The van der Waals surface area contributed by atoms with Crippen LogP contribution in [0.15, 0.2) is 42.5 Å². The number of amides is 1. The van der Waals surface area contributed by atoms with Crippen molar-refractivity contribution in [2.45, 2.75) is 13.8 Å². The summed E-state index contributed by atoms with van der Waals surface area (Å²) in [6, 6.07) is 12.0. The van der Waals surface area contributed by atoms with Gasteiger partial charge in [-0.1, -0.05) is 36.8 Å². The molecule has 0 spiro atoms. The largest absolute Gasteiger partial charge is 0.465 e. The molecule has 0 fully saturated rings. The summed E-state index contributed by atoms with van der Waals surface area (Å²) < 4.78 is 5.66. The molecule has 0 saturated carbocycles. The van der Waals surface area contributed by atoms with Gasteiger partial charge in [-0.15, -0.1) is 12.4 Å². The van der Waals surface area contributed by atoms with Gasteiger partial charge in [0.15, 0.2) is 5.13 Å². The highest BCUT2D eigenvalue weighted by Crippen LogP contribution is 2.31. The normalized spacial score (nSPS) is 10.7. The number of hydrogen-bond acceptors (Lipinski definition) is 6. The molecule has 0 atom stereocenters. The molecule has 1 aromatic heterocycles. The fourth-order valence-corrected chi connectivity index (χ4v) is 4.36. The first-order valence-electron chi connectivity index (χ1n) is 9.75. The van der Waals surface area contributed by atoms with E-state index in [2.05, 4.69) is 23.7 Å². The summed E-state index contributed by atoms with van der Waals surface area (Å²) in [7, 11) is 1.33. The number of likely N-dealkylation sites (N-methyl/N-ethyl adjacent to an activating group) is 1. The minimum atomic E-state index is -0.435. The van der Waals surface area contributed by atoms with E-state index in [1.54, 1.807) is 35.2 Å². The summed E-state index contributed by atoms with van der Waals surface area (Å²) >= 11 is 7.55. The first kappa shape index (κ1) is 25.1. The zero-order chi connectivity index (χ0) is 21.7. The number of esters is 1. The van der Waals surface area contributed by atoms with E-state index in [4.69, 9.17) is 16.3 Å². The standard InChI is InChI=1S/C22H24ClN3O3S.ClH/c1-4-25(5-2)12-13-26(22-24-18-11-10-17(23)14-19(18)30-22)20(27)15-6-8-16(9-7-15)21(28)29-3;/h6-11,14H,4-5,12-13H2,1-3H3;1H. The molecule has 0 unspecified atom stereocenters. The number of anilines is 1. The average molecular weight is 482 g/mol. The number of nitrogens with zero attached hydrogens (tertiary/aromatic N) is 3. The van der Waals surface area contributed by atoms with E-state index >= 15 is 0 Å². The van der Waals surface area contributed by atoms with Gasteiger partial charge in [-0.2, -0.15) is 0 Å². The predicted molar refractivity (Wildman–Crippen MR) is 129 cm³/mol. The molecule has 31 heavy (non-hydrogen) atoms. The lowest BCUT2D eigenvalue weighted by molar-refractivity contribution is 0.0600. The van der Waals surface area contributed by atoms with E-state index in [-0.39, 0.29) is 18.3 Å². The van der Waals surface area contributed by atoms with Crippen molar-refractivity contribution in [1.82, 2.24) is 9.88 Å². The summed E-state index contributed by atoms with van der Waals surface area (Å²) in [5, 5.41) is 1.26. The van der Waals surface area contributed by atoms with Crippen LogP contribution in [0.25, 0.3) is 10.2 Å². The Hall–Kier alpha value is -2.19. The molecule has 0 aliphatic carbocycles. The molecular weight excluding hydrogens is 457 g/mol. The molecule has 0 N–H and O–H groups in total. The SMILES string of the molecule is CCN(CC)CCN(C(=O)c1ccc(C(=O)OC)cc1)c1nc2ccc(Cl)cc2s1.Cl. The third-order valence-electron chi connectivity index (χ3n) is 4.90. The molecular formula is C22H25Cl2N3O3S. The van der Waals surface area contributed by atoms with Crippen molar-refractivity contribution in [1.29, 1.82) is 0 Å². The van der Waals surface area contributed by atoms with Gasteiger partial charge in [-0.25, -0.2) is 9.78 Å². The number of carbonyl (C=O) groups excluding carboxylic acids is 2. The molecule has 0 bridgehead atoms. The second-order valence-electron chi connectivity index (χ2n) is 6.66. The van der Waals surface area contributed by atoms with Crippen LogP contribution in [0.3, 0.4) is 0 Å². The highest BCUT2D eigenvalue weighted by atomic mass is 35.5. The summed E-state index contributed by atoms with van der Waals surface area (Å²) in [6.07, 6.45) is 0. The highest BCUT2D eigenvalue weighted by molar-refractivity contribution is 7.22. The summed E-state index contributed by atoms with van der Waals surface area (Å²) in [4.78, 5) is 33.7. The maximum atomic E-state index is 13.4. The van der Waals surface area contributed by atoms with Crippen LogP contribution in [0.5, 0.6) is 0 Å². The first-order chi connectivity index (χ1) is 14.5. The Labute approximate surface area is 197 Å². The van der Waals surface area contributed by atoms with Crippen LogP contribution in [0.4, 0.5) is 5.13 Å². The van der Waals surface area contributed by atoms with Crippen LogP contribution in [0.1, 0.15) is 34.6 Å². The van der Waals surface area contributed by atoms with Gasteiger partial charge in [-0.3, -0.25) is 9.69 Å². The molecule has 166 valence electrons. The second-order valence-corrected chi connectivity index (χ2v) is 8.11. The third-order valence-corrected chi connectivity index (χ3v) is 6.18. The van der Waals surface area contributed by atoms with E-state index in [1.165, 1.54) is 18.4 Å². The molecule has 3 aromatic rings. The Kier molecular flexibility index (Phi) is 9.25. The molecule has 1 heterocycles. The van der Waals surface area contributed by atoms with Crippen LogP contribution >= 0.6 is 35.3 Å². The summed E-state index contributed by atoms with van der Waals surface area (Å²) in [5.41, 5.74) is 1.69. The number of carbonyl (C=O) groups is 2. The molecule has 9 heteroatoms. The van der Waals surface area contributed by atoms with Crippen LogP contribution in [-0.2, 0) is 4.74 Å². The summed E-state index contributed by atoms with van der Waals surface area (Å²) in [5.74, 6) is -0.598. The van der Waals surface area contributed by atoms with Crippen molar-refractivity contribution in [3.05, 3.63) is 58.6 Å². The molecule has 2 aromatic carbocycles. The smallest absolute Gasteiger partial charge is 0.337 e. The fourth-order valence-electron chi connectivity index (χ4n) is 3.09. The molecule has 0 aliphatic rings. The van der Waals surface area contributed by atoms with Crippen molar-refractivity contribution in [3.8, 4) is 0 Å². The van der Waals surface area contributed by atoms with Crippen molar-refractivity contribution in [3.63, 3.8) is 0 Å². The number of rotatable bonds is 8. The summed E-state index contributed by atoms with van der Waals surface area (Å²) in [6.45, 7) is 7.24. The quantitative estimate of drug-likeness (QED) is 0.416. The zero-order valence-corrected chi connectivity index (χ0v) is 20.0. The third kappa shape index (κ3) is 5.95. The molecule has 0 aliphatic heterocycles. The van der Waals surface area contributed by atoms with Gasteiger partial charge in [0, 0.05) is 23.7 Å². The van der Waals surface area contributed by atoms with Crippen molar-refractivity contribution < 1.29 is 14.3 Å². The Morgan fingerprint density at radius 3 is 2.29 bits per heavy atom. The number of methoxy groups -OCH3 is 1. The number of benzene rings is 2. The molecule has 1 amide bonds. The second kappa shape index (κ2) is 11.4. The predicted octanol–water partition coefficient (Wildman–Crippen LogP) is 5.15. The number of ether oxygens (including phenoxy) is 1. The highest BCUT2D eigenvalue weighted by Gasteiger charge is 2.22. The maximum Gasteiger partial charge on any atom is 0.337 e. The lowest BCUT2D eigenvalue weighted by Gasteiger charge is -2.24. The van der Waals surface area contributed by atoms with Crippen LogP contribution in [0, 0.1) is 0 Å². The maximum absolute atomic E-state index is 13.4. The van der Waals surface area contributed by atoms with E-state index in [0.29, 0.717) is 27.8 Å². The van der Waals surface area contributed by atoms with Gasteiger partial charge in [0.2, 0.25) is 0 Å². The van der Waals surface area contributed by atoms with Crippen LogP contribution in [-0.4, -0.2) is 55.0 Å². The molecule has 3 rings (SSSR count). The Bertz CT molecular complexity index is 1040.